The maximum atomic E-state index is 14.1. The number of aryl methyl sites for hydroxylation is 2. The smallest absolute Gasteiger partial charge is 0.405 e. The second-order valence-electron chi connectivity index (χ2n) is 9.93. The van der Waals surface area contributed by atoms with Gasteiger partial charge >= 0.3 is 6.09 Å². The molecule has 34 heavy (non-hydrogen) atoms. The number of ether oxygens (including phenoxy) is 1. The van der Waals surface area contributed by atoms with Gasteiger partial charge in [0.2, 0.25) is 0 Å². The molecule has 2 heterocycles. The van der Waals surface area contributed by atoms with Gasteiger partial charge in [-0.25, -0.2) is 9.18 Å². The summed E-state index contributed by atoms with van der Waals surface area (Å²) >= 11 is 0. The summed E-state index contributed by atoms with van der Waals surface area (Å²) in [4.78, 5) is 20.0. The maximum absolute atomic E-state index is 14.1. The van der Waals surface area contributed by atoms with Crippen molar-refractivity contribution < 1.29 is 13.9 Å². The Labute approximate surface area is 199 Å². The van der Waals surface area contributed by atoms with Gasteiger partial charge in [0, 0.05) is 17.8 Å². The molecule has 0 spiro atoms. The highest BCUT2D eigenvalue weighted by atomic mass is 19.1. The molecule has 0 saturated carbocycles. The minimum absolute atomic E-state index is 0.227. The van der Waals surface area contributed by atoms with Gasteiger partial charge in [0.05, 0.1) is 11.0 Å². The van der Waals surface area contributed by atoms with Crippen LogP contribution in [0.15, 0.2) is 66.6 Å². The molecule has 2 aromatic heterocycles. The van der Waals surface area contributed by atoms with Gasteiger partial charge in [0.25, 0.3) is 0 Å². The van der Waals surface area contributed by atoms with E-state index in [1.165, 1.54) is 5.56 Å². The molecule has 1 aromatic carbocycles. The van der Waals surface area contributed by atoms with Gasteiger partial charge in [0.15, 0.2) is 0 Å². The van der Waals surface area contributed by atoms with E-state index in [-0.39, 0.29) is 17.2 Å². The standard InChI is InChI=1S/C28H32FN3O2/c1-18-19(2)32-25-22(12-15-31-24(18)25)23(27(3,4)34-26(30)33)17-28(13-10-21(29)11-14-28)16-20-8-6-5-7-9-20/h5-13,15,23,32H,14,16-17H2,1-4H3,(H2,30,33). The van der Waals surface area contributed by atoms with Crippen molar-refractivity contribution in [1.29, 1.82) is 0 Å². The van der Waals surface area contributed by atoms with Crippen LogP contribution in [0, 0.1) is 19.3 Å². The third kappa shape index (κ3) is 4.76. The number of aromatic nitrogens is 2. The molecule has 6 heteroatoms. The number of carbonyl (C=O) groups is 1. The molecule has 2 atom stereocenters. The number of H-pyrrole nitrogens is 1. The number of nitrogens with one attached hydrogen (secondary N) is 1. The number of pyridine rings is 1. The Morgan fingerprint density at radius 2 is 2.00 bits per heavy atom. The van der Waals surface area contributed by atoms with E-state index in [4.69, 9.17) is 10.5 Å². The van der Waals surface area contributed by atoms with Crippen LogP contribution in [0.2, 0.25) is 0 Å². The quantitative estimate of drug-likeness (QED) is 0.417. The molecule has 1 aliphatic rings. The lowest BCUT2D eigenvalue weighted by atomic mass is 9.66. The highest BCUT2D eigenvalue weighted by Crippen LogP contribution is 2.48. The zero-order chi connectivity index (χ0) is 24.5. The average Bonchev–Trinajstić information content (AvgIpc) is 3.08. The van der Waals surface area contributed by atoms with Gasteiger partial charge in [-0.1, -0.05) is 36.4 Å². The SMILES string of the molecule is Cc1[nH]c2c(C(CC3(Cc4ccccc4)C=CC(F)=CC3)C(C)(C)OC(N)=O)ccnc2c1C. The molecule has 0 radical (unpaired) electrons. The number of allylic oxidation sites excluding steroid dienone is 4. The lowest BCUT2D eigenvalue weighted by Crippen LogP contribution is -2.40. The molecule has 3 N–H and O–H groups in total. The molecule has 0 bridgehead atoms. The number of primary amides is 1. The molecule has 0 aliphatic heterocycles. The van der Waals surface area contributed by atoms with Crippen LogP contribution < -0.4 is 5.73 Å². The molecular formula is C28H32FN3O2. The molecule has 4 rings (SSSR count). The Morgan fingerprint density at radius 3 is 2.65 bits per heavy atom. The van der Waals surface area contributed by atoms with Crippen molar-refractivity contribution >= 4 is 17.1 Å². The number of hydrogen-bond donors (Lipinski definition) is 2. The van der Waals surface area contributed by atoms with Crippen molar-refractivity contribution in [3.8, 4) is 0 Å². The van der Waals surface area contributed by atoms with Crippen LogP contribution in [0.1, 0.15) is 55.0 Å². The zero-order valence-electron chi connectivity index (χ0n) is 20.2. The summed E-state index contributed by atoms with van der Waals surface area (Å²) in [6.45, 7) is 7.83. The van der Waals surface area contributed by atoms with Crippen LogP contribution in [0.5, 0.6) is 0 Å². The first-order chi connectivity index (χ1) is 16.1. The summed E-state index contributed by atoms with van der Waals surface area (Å²) in [6, 6.07) is 12.2. The number of fused-ring (bicyclic) bond motifs is 1. The fourth-order valence-corrected chi connectivity index (χ4v) is 5.16. The van der Waals surface area contributed by atoms with E-state index in [1.54, 1.807) is 18.3 Å². The highest BCUT2D eigenvalue weighted by molar-refractivity contribution is 5.83. The number of benzene rings is 1. The average molecular weight is 462 g/mol. The third-order valence-electron chi connectivity index (χ3n) is 7.10. The Hall–Kier alpha value is -3.41. The van der Waals surface area contributed by atoms with E-state index in [1.807, 2.05) is 58.0 Å². The zero-order valence-corrected chi connectivity index (χ0v) is 20.2. The van der Waals surface area contributed by atoms with E-state index in [2.05, 4.69) is 22.1 Å². The van der Waals surface area contributed by atoms with Crippen LogP contribution in [0.4, 0.5) is 9.18 Å². The second-order valence-corrected chi connectivity index (χ2v) is 9.93. The number of halogens is 1. The van der Waals surface area contributed by atoms with E-state index >= 15 is 0 Å². The Bertz CT molecular complexity index is 1260. The fourth-order valence-electron chi connectivity index (χ4n) is 5.16. The third-order valence-corrected chi connectivity index (χ3v) is 7.10. The van der Waals surface area contributed by atoms with Gasteiger partial charge in [-0.2, -0.15) is 0 Å². The predicted molar refractivity (Wildman–Crippen MR) is 133 cm³/mol. The normalized spacial score (nSPS) is 19.1. The molecule has 2 unspecified atom stereocenters. The Morgan fingerprint density at radius 1 is 1.26 bits per heavy atom. The molecule has 0 saturated heterocycles. The van der Waals surface area contributed by atoms with E-state index in [0.717, 1.165) is 34.3 Å². The van der Waals surface area contributed by atoms with Crippen LogP contribution in [-0.2, 0) is 11.2 Å². The minimum Gasteiger partial charge on any atom is -0.443 e. The Balaban J connectivity index is 1.84. The monoisotopic (exact) mass is 461 g/mol. The summed E-state index contributed by atoms with van der Waals surface area (Å²) in [6.07, 6.45) is 8.06. The van der Waals surface area contributed by atoms with E-state index in [9.17, 15) is 9.18 Å². The fraction of sp³-hybridized carbons (Fsp3) is 0.357. The predicted octanol–water partition coefficient (Wildman–Crippen LogP) is 6.57. The lowest BCUT2D eigenvalue weighted by molar-refractivity contribution is 0.0129. The highest BCUT2D eigenvalue weighted by Gasteiger charge is 2.42. The van der Waals surface area contributed by atoms with Crippen molar-refractivity contribution in [2.75, 3.05) is 0 Å². The maximum Gasteiger partial charge on any atom is 0.405 e. The van der Waals surface area contributed by atoms with Gasteiger partial charge in [-0.05, 0) is 87.3 Å². The summed E-state index contributed by atoms with van der Waals surface area (Å²) < 4.78 is 19.8. The van der Waals surface area contributed by atoms with Crippen molar-refractivity contribution in [1.82, 2.24) is 9.97 Å². The lowest BCUT2D eigenvalue weighted by Gasteiger charge is -2.41. The van der Waals surface area contributed by atoms with Crippen LogP contribution >= 0.6 is 0 Å². The van der Waals surface area contributed by atoms with Gasteiger partial charge in [0.1, 0.15) is 11.4 Å². The number of carbonyl (C=O) groups excluding carboxylic acids is 1. The first-order valence-electron chi connectivity index (χ1n) is 11.6. The van der Waals surface area contributed by atoms with Crippen LogP contribution in [-0.4, -0.2) is 21.7 Å². The Kier molecular flexibility index (Phi) is 6.34. The summed E-state index contributed by atoms with van der Waals surface area (Å²) in [5.74, 6) is -0.458. The van der Waals surface area contributed by atoms with Gasteiger partial charge in [-0.15, -0.1) is 0 Å². The van der Waals surface area contributed by atoms with Crippen LogP contribution in [0.3, 0.4) is 0 Å². The van der Waals surface area contributed by atoms with E-state index < -0.39 is 11.7 Å². The van der Waals surface area contributed by atoms with Crippen molar-refractivity contribution in [2.45, 2.75) is 58.5 Å². The molecule has 3 aromatic rings. The van der Waals surface area contributed by atoms with Crippen LogP contribution in [0.25, 0.3) is 11.0 Å². The summed E-state index contributed by atoms with van der Waals surface area (Å²) in [5, 5.41) is 0. The number of nitrogens with zero attached hydrogens (tertiary/aromatic N) is 1. The summed E-state index contributed by atoms with van der Waals surface area (Å²) in [5.41, 5.74) is 10.3. The molecule has 1 aliphatic carbocycles. The molecule has 1 amide bonds. The first kappa shape index (κ1) is 23.7. The number of aromatic amines is 1. The molecule has 178 valence electrons. The van der Waals surface area contributed by atoms with Gasteiger partial charge in [-0.3, -0.25) is 4.98 Å². The van der Waals surface area contributed by atoms with Gasteiger partial charge < -0.3 is 15.5 Å². The largest absolute Gasteiger partial charge is 0.443 e. The molecule has 5 nitrogen and oxygen atoms in total. The molecule has 0 fully saturated rings. The summed E-state index contributed by atoms with van der Waals surface area (Å²) in [7, 11) is 0. The number of amides is 1. The number of nitrogens with two attached hydrogens (primary N) is 1. The number of hydrogen-bond acceptors (Lipinski definition) is 3. The van der Waals surface area contributed by atoms with E-state index in [0.29, 0.717) is 12.8 Å². The second kappa shape index (κ2) is 9.09. The number of rotatable bonds is 7. The first-order valence-corrected chi connectivity index (χ1v) is 11.6. The molecular weight excluding hydrogens is 429 g/mol. The van der Waals surface area contributed by atoms with Crippen molar-refractivity contribution in [3.63, 3.8) is 0 Å². The minimum atomic E-state index is -0.912. The van der Waals surface area contributed by atoms with Crippen molar-refractivity contribution in [2.24, 2.45) is 11.1 Å². The topological polar surface area (TPSA) is 81.0 Å². The van der Waals surface area contributed by atoms with Crippen molar-refractivity contribution in [3.05, 3.63) is 89.0 Å².